The lowest BCUT2D eigenvalue weighted by Gasteiger charge is -2.08. The summed E-state index contributed by atoms with van der Waals surface area (Å²) >= 11 is 1.56. The van der Waals surface area contributed by atoms with Crippen LogP contribution in [0.1, 0.15) is 5.56 Å². The molecule has 0 saturated heterocycles. The molecule has 0 aliphatic heterocycles. The number of nitrogens with two attached hydrogens (primary N) is 1. The van der Waals surface area contributed by atoms with Crippen LogP contribution < -0.4 is 16.6 Å². The highest BCUT2D eigenvalue weighted by Crippen LogP contribution is 2.28. The number of aryl methyl sites for hydroxylation is 1. The maximum Gasteiger partial charge on any atom is 0.240 e. The van der Waals surface area contributed by atoms with Gasteiger partial charge in [-0.25, -0.2) is 10.8 Å². The molecular weight excluding hydrogens is 258 g/mol. The number of nitrogen functional groups attached to an aromatic ring is 1. The normalized spacial score (nSPS) is 10.6. The Morgan fingerprint density at radius 2 is 1.89 bits per heavy atom. The van der Waals surface area contributed by atoms with Crippen molar-refractivity contribution in [1.29, 1.82) is 0 Å². The lowest BCUT2D eigenvalue weighted by molar-refractivity contribution is 1.16. The van der Waals surface area contributed by atoms with E-state index in [9.17, 15) is 0 Å². The second-order valence-corrected chi connectivity index (χ2v) is 5.07. The summed E-state index contributed by atoms with van der Waals surface area (Å²) in [4.78, 5) is 9.56. The van der Waals surface area contributed by atoms with Gasteiger partial charge in [-0.15, -0.1) is 11.3 Å². The Kier molecular flexibility index (Phi) is 3.02. The molecule has 6 heteroatoms. The maximum atomic E-state index is 5.39. The highest BCUT2D eigenvalue weighted by atomic mass is 32.1. The smallest absolute Gasteiger partial charge is 0.240 e. The van der Waals surface area contributed by atoms with Crippen LogP contribution in [0, 0.1) is 6.92 Å². The molecule has 0 aliphatic carbocycles. The molecule has 1 aromatic carbocycles. The van der Waals surface area contributed by atoms with Gasteiger partial charge < -0.3 is 5.32 Å². The number of fused-ring (bicyclic) bond motifs is 1. The average molecular weight is 271 g/mol. The monoisotopic (exact) mass is 271 g/mol. The number of benzene rings is 1. The Bertz CT molecular complexity index is 705. The van der Waals surface area contributed by atoms with Gasteiger partial charge in [0.05, 0.1) is 5.39 Å². The molecule has 2 heterocycles. The van der Waals surface area contributed by atoms with Gasteiger partial charge in [0.1, 0.15) is 10.6 Å². The summed E-state index contributed by atoms with van der Waals surface area (Å²) in [6.45, 7) is 2.06. The van der Waals surface area contributed by atoms with Crippen LogP contribution in [0.4, 0.5) is 17.5 Å². The van der Waals surface area contributed by atoms with Gasteiger partial charge in [0, 0.05) is 5.69 Å². The van der Waals surface area contributed by atoms with Gasteiger partial charge >= 0.3 is 0 Å². The molecule has 96 valence electrons. The molecule has 5 nitrogen and oxygen atoms in total. The molecule has 0 aliphatic rings. The fourth-order valence-electron chi connectivity index (χ4n) is 1.79. The second-order valence-electron chi connectivity index (χ2n) is 4.17. The van der Waals surface area contributed by atoms with Crippen LogP contribution in [0.15, 0.2) is 35.7 Å². The largest absolute Gasteiger partial charge is 0.340 e. The number of hydrogen-bond donors (Lipinski definition) is 3. The zero-order valence-corrected chi connectivity index (χ0v) is 11.2. The minimum absolute atomic E-state index is 0.407. The van der Waals surface area contributed by atoms with Crippen LogP contribution in [0.3, 0.4) is 0 Å². The predicted molar refractivity (Wildman–Crippen MR) is 79.7 cm³/mol. The van der Waals surface area contributed by atoms with Crippen molar-refractivity contribution in [3.63, 3.8) is 0 Å². The number of aromatic nitrogens is 2. The van der Waals surface area contributed by atoms with E-state index in [1.807, 2.05) is 23.6 Å². The molecule has 0 bridgehead atoms. The van der Waals surface area contributed by atoms with Crippen LogP contribution in [0.2, 0.25) is 0 Å². The second kappa shape index (κ2) is 4.83. The van der Waals surface area contributed by atoms with E-state index in [-0.39, 0.29) is 0 Å². The van der Waals surface area contributed by atoms with E-state index in [4.69, 9.17) is 5.84 Å². The number of hydrazine groups is 1. The van der Waals surface area contributed by atoms with Gasteiger partial charge in [-0.1, -0.05) is 17.7 Å². The van der Waals surface area contributed by atoms with E-state index < -0.39 is 0 Å². The maximum absolute atomic E-state index is 5.39. The van der Waals surface area contributed by atoms with Gasteiger partial charge in [-0.05, 0) is 30.5 Å². The number of thiophene rings is 1. The number of rotatable bonds is 3. The van der Waals surface area contributed by atoms with Gasteiger partial charge in [0.2, 0.25) is 5.95 Å². The minimum Gasteiger partial charge on any atom is -0.340 e. The summed E-state index contributed by atoms with van der Waals surface area (Å²) < 4.78 is 0. The molecule has 3 aromatic rings. The number of anilines is 3. The molecule has 0 saturated carbocycles. The lowest BCUT2D eigenvalue weighted by Crippen LogP contribution is -2.11. The lowest BCUT2D eigenvalue weighted by atomic mass is 10.2. The topological polar surface area (TPSA) is 75.9 Å². The first-order chi connectivity index (χ1) is 9.26. The number of nitrogens with zero attached hydrogens (tertiary/aromatic N) is 2. The Hall–Kier alpha value is -2.18. The van der Waals surface area contributed by atoms with Crippen LogP contribution in [0.25, 0.3) is 10.2 Å². The summed E-state index contributed by atoms with van der Waals surface area (Å²) in [5.74, 6) is 6.55. The average Bonchev–Trinajstić information content (AvgIpc) is 2.89. The molecule has 0 radical (unpaired) electrons. The van der Waals surface area contributed by atoms with E-state index in [2.05, 4.69) is 39.8 Å². The Morgan fingerprint density at radius 1 is 1.11 bits per heavy atom. The van der Waals surface area contributed by atoms with Crippen molar-refractivity contribution in [3.8, 4) is 0 Å². The van der Waals surface area contributed by atoms with Gasteiger partial charge in [0.15, 0.2) is 0 Å². The quantitative estimate of drug-likeness (QED) is 0.504. The summed E-state index contributed by atoms with van der Waals surface area (Å²) in [5, 5.41) is 6.27. The van der Waals surface area contributed by atoms with E-state index >= 15 is 0 Å². The van der Waals surface area contributed by atoms with Crippen molar-refractivity contribution in [2.24, 2.45) is 5.84 Å². The van der Waals surface area contributed by atoms with Crippen molar-refractivity contribution >= 4 is 39.0 Å². The third-order valence-electron chi connectivity index (χ3n) is 2.77. The minimum atomic E-state index is 0.407. The fraction of sp³-hybridized carbons (Fsp3) is 0.0769. The zero-order chi connectivity index (χ0) is 13.2. The van der Waals surface area contributed by atoms with Crippen LogP contribution >= 0.6 is 11.3 Å². The molecule has 2 aromatic heterocycles. The molecule has 0 amide bonds. The predicted octanol–water partition coefficient (Wildman–Crippen LogP) is 3.03. The first-order valence-corrected chi connectivity index (χ1v) is 6.70. The molecule has 0 unspecified atom stereocenters. The van der Waals surface area contributed by atoms with Crippen molar-refractivity contribution in [2.45, 2.75) is 6.92 Å². The zero-order valence-electron chi connectivity index (χ0n) is 10.3. The highest BCUT2D eigenvalue weighted by Gasteiger charge is 2.08. The Labute approximate surface area is 114 Å². The van der Waals surface area contributed by atoms with Crippen molar-refractivity contribution in [2.75, 3.05) is 10.7 Å². The molecule has 4 N–H and O–H groups in total. The third kappa shape index (κ3) is 2.35. The third-order valence-corrected chi connectivity index (χ3v) is 3.58. The van der Waals surface area contributed by atoms with Crippen molar-refractivity contribution in [1.82, 2.24) is 9.97 Å². The molecule has 0 spiro atoms. The summed E-state index contributed by atoms with van der Waals surface area (Å²) in [6, 6.07) is 10.1. The molecule has 19 heavy (non-hydrogen) atoms. The number of hydrogen-bond acceptors (Lipinski definition) is 6. The summed E-state index contributed by atoms with van der Waals surface area (Å²) in [5.41, 5.74) is 4.70. The van der Waals surface area contributed by atoms with E-state index in [0.29, 0.717) is 5.95 Å². The van der Waals surface area contributed by atoms with Crippen LogP contribution in [-0.2, 0) is 0 Å². The Morgan fingerprint density at radius 3 is 2.63 bits per heavy atom. The van der Waals surface area contributed by atoms with Crippen LogP contribution in [-0.4, -0.2) is 9.97 Å². The molecule has 0 fully saturated rings. The highest BCUT2D eigenvalue weighted by molar-refractivity contribution is 7.16. The van der Waals surface area contributed by atoms with Gasteiger partial charge in [0.25, 0.3) is 0 Å². The van der Waals surface area contributed by atoms with Crippen molar-refractivity contribution in [3.05, 3.63) is 41.3 Å². The number of nitrogens with one attached hydrogen (secondary N) is 2. The SMILES string of the molecule is Cc1ccc(Nc2nc(NN)nc3sccc23)cc1. The van der Waals surface area contributed by atoms with Gasteiger partial charge in [-0.2, -0.15) is 4.98 Å². The fourth-order valence-corrected chi connectivity index (χ4v) is 2.55. The van der Waals surface area contributed by atoms with E-state index in [1.165, 1.54) is 5.56 Å². The van der Waals surface area contributed by atoms with Crippen LogP contribution in [0.5, 0.6) is 0 Å². The Balaban J connectivity index is 2.03. The molecular formula is C13H13N5S. The van der Waals surface area contributed by atoms with Gasteiger partial charge in [-0.3, -0.25) is 5.43 Å². The summed E-state index contributed by atoms with van der Waals surface area (Å²) in [7, 11) is 0. The first-order valence-electron chi connectivity index (χ1n) is 5.82. The van der Waals surface area contributed by atoms with E-state index in [0.717, 1.165) is 21.7 Å². The molecule has 3 rings (SSSR count). The standard InChI is InChI=1S/C13H13N5S/c1-8-2-4-9(5-3-8)15-11-10-6-7-19-12(10)17-13(16-11)18-14/h2-7H,14H2,1H3,(H2,15,16,17,18). The van der Waals surface area contributed by atoms with E-state index in [1.54, 1.807) is 11.3 Å². The molecule has 0 atom stereocenters. The van der Waals surface area contributed by atoms with Crippen molar-refractivity contribution < 1.29 is 0 Å². The summed E-state index contributed by atoms with van der Waals surface area (Å²) in [6.07, 6.45) is 0. The first kappa shape index (κ1) is 11.9.